The number of carbonyl (C=O) groups is 2. The molecular weight excluding hydrogens is 394 g/mol. The summed E-state index contributed by atoms with van der Waals surface area (Å²) < 4.78 is 5.54. The van der Waals surface area contributed by atoms with Gasteiger partial charge in [-0.2, -0.15) is 0 Å². The molecule has 2 aromatic carbocycles. The Morgan fingerprint density at radius 1 is 1.07 bits per heavy atom. The third kappa shape index (κ3) is 4.51. The Labute approximate surface area is 183 Å². The van der Waals surface area contributed by atoms with Gasteiger partial charge in [-0.15, -0.1) is 11.8 Å². The molecule has 160 valence electrons. The zero-order valence-electron chi connectivity index (χ0n) is 17.7. The van der Waals surface area contributed by atoms with Crippen LogP contribution < -0.4 is 0 Å². The first kappa shape index (κ1) is 21.2. The van der Waals surface area contributed by atoms with E-state index in [-0.39, 0.29) is 17.3 Å². The summed E-state index contributed by atoms with van der Waals surface area (Å²) >= 11 is 1.76. The number of ether oxygens (including phenoxy) is 1. The predicted molar refractivity (Wildman–Crippen MR) is 123 cm³/mol. The minimum Gasteiger partial charge on any atom is -0.464 e. The molecule has 5 heteroatoms. The molecule has 2 fully saturated rings. The maximum absolute atomic E-state index is 13.7. The Morgan fingerprint density at radius 2 is 1.83 bits per heavy atom. The first-order valence-electron chi connectivity index (χ1n) is 11.3. The predicted octanol–water partition coefficient (Wildman–Crippen LogP) is 5.65. The van der Waals surface area contributed by atoms with Crippen molar-refractivity contribution in [2.45, 2.75) is 63.3 Å². The van der Waals surface area contributed by atoms with Crippen molar-refractivity contribution >= 4 is 34.4 Å². The largest absolute Gasteiger partial charge is 0.464 e. The lowest BCUT2D eigenvalue weighted by atomic mass is 9.88. The molecule has 2 aromatic rings. The second-order valence-electron chi connectivity index (χ2n) is 8.43. The molecule has 0 N–H and O–H groups in total. The normalized spacial score (nSPS) is 22.4. The number of benzene rings is 2. The SMILES string of the molecule is CCCCOC(=O)C1CSC(C2CCCCC2)N1C(=O)c1ccc2ccccc2c1. The third-order valence-corrected chi connectivity index (χ3v) is 7.79. The molecule has 0 spiro atoms. The van der Waals surface area contributed by atoms with Crippen molar-refractivity contribution in [3.05, 3.63) is 48.0 Å². The third-order valence-electron chi connectivity index (χ3n) is 6.33. The molecule has 1 aliphatic carbocycles. The molecule has 2 unspecified atom stereocenters. The molecule has 1 heterocycles. The monoisotopic (exact) mass is 425 g/mol. The summed E-state index contributed by atoms with van der Waals surface area (Å²) in [7, 11) is 0. The molecule has 4 nitrogen and oxygen atoms in total. The second-order valence-corrected chi connectivity index (χ2v) is 9.58. The number of carbonyl (C=O) groups excluding carboxylic acids is 2. The standard InChI is InChI=1S/C25H31NO3S/c1-2-3-15-29-25(28)22-17-30-24(19-10-5-4-6-11-19)26(22)23(27)21-14-13-18-9-7-8-12-20(18)16-21/h7-9,12-14,16,19,22,24H,2-6,10-11,15,17H2,1H3. The molecule has 2 atom stereocenters. The zero-order valence-corrected chi connectivity index (χ0v) is 18.5. The lowest BCUT2D eigenvalue weighted by molar-refractivity contribution is -0.148. The maximum Gasteiger partial charge on any atom is 0.329 e. The van der Waals surface area contributed by atoms with Crippen LogP contribution in [0.25, 0.3) is 10.8 Å². The number of thioether (sulfide) groups is 1. The minimum absolute atomic E-state index is 0.0428. The van der Waals surface area contributed by atoms with Crippen molar-refractivity contribution in [3.63, 3.8) is 0 Å². The van der Waals surface area contributed by atoms with Crippen LogP contribution in [-0.2, 0) is 9.53 Å². The van der Waals surface area contributed by atoms with Crippen LogP contribution in [0, 0.1) is 5.92 Å². The highest BCUT2D eigenvalue weighted by molar-refractivity contribution is 8.00. The van der Waals surface area contributed by atoms with E-state index in [9.17, 15) is 9.59 Å². The van der Waals surface area contributed by atoms with Crippen molar-refractivity contribution in [2.75, 3.05) is 12.4 Å². The van der Waals surface area contributed by atoms with Crippen LogP contribution in [0.15, 0.2) is 42.5 Å². The fourth-order valence-corrected chi connectivity index (χ4v) is 6.26. The van der Waals surface area contributed by atoms with E-state index in [1.54, 1.807) is 11.8 Å². The summed E-state index contributed by atoms with van der Waals surface area (Å²) in [4.78, 5) is 28.4. The van der Waals surface area contributed by atoms with Crippen molar-refractivity contribution in [1.82, 2.24) is 4.90 Å². The number of nitrogens with zero attached hydrogens (tertiary/aromatic N) is 1. The van der Waals surface area contributed by atoms with E-state index in [4.69, 9.17) is 4.74 Å². The molecule has 1 amide bonds. The molecular formula is C25H31NO3S. The van der Waals surface area contributed by atoms with Crippen molar-refractivity contribution in [2.24, 2.45) is 5.92 Å². The first-order valence-corrected chi connectivity index (χ1v) is 12.3. The molecule has 0 bridgehead atoms. The molecule has 0 radical (unpaired) electrons. The smallest absolute Gasteiger partial charge is 0.329 e. The fourth-order valence-electron chi connectivity index (χ4n) is 4.63. The van der Waals surface area contributed by atoms with Crippen molar-refractivity contribution in [3.8, 4) is 0 Å². The summed E-state index contributed by atoms with van der Waals surface area (Å²) in [5.74, 6) is 0.801. The fraction of sp³-hybridized carbons (Fsp3) is 0.520. The van der Waals surface area contributed by atoms with Gasteiger partial charge < -0.3 is 9.64 Å². The zero-order chi connectivity index (χ0) is 20.9. The van der Waals surface area contributed by atoms with Gasteiger partial charge >= 0.3 is 5.97 Å². The number of hydrogen-bond donors (Lipinski definition) is 0. The van der Waals surface area contributed by atoms with Gasteiger partial charge in [0, 0.05) is 11.3 Å². The molecule has 30 heavy (non-hydrogen) atoms. The lowest BCUT2D eigenvalue weighted by Crippen LogP contribution is -2.48. The Bertz CT molecular complexity index is 893. The number of unbranched alkanes of at least 4 members (excludes halogenated alkanes) is 1. The summed E-state index contributed by atoms with van der Waals surface area (Å²) in [6.07, 6.45) is 7.81. The Morgan fingerprint density at radius 3 is 2.60 bits per heavy atom. The van der Waals surface area contributed by atoms with Crippen LogP contribution >= 0.6 is 11.8 Å². The molecule has 0 aromatic heterocycles. The molecule has 4 rings (SSSR count). The summed E-state index contributed by atoms with van der Waals surface area (Å²) in [6, 6.07) is 13.4. The van der Waals surface area contributed by atoms with Crippen LogP contribution in [-0.4, -0.2) is 40.6 Å². The Balaban J connectivity index is 1.61. The maximum atomic E-state index is 13.7. The minimum atomic E-state index is -0.488. The van der Waals surface area contributed by atoms with E-state index >= 15 is 0 Å². The van der Waals surface area contributed by atoms with Gasteiger partial charge in [0.25, 0.3) is 5.91 Å². The summed E-state index contributed by atoms with van der Waals surface area (Å²) in [5, 5.41) is 2.23. The number of hydrogen-bond acceptors (Lipinski definition) is 4. The Kier molecular flexibility index (Phi) is 6.98. The highest BCUT2D eigenvalue weighted by atomic mass is 32.2. The average molecular weight is 426 g/mol. The molecule has 1 saturated heterocycles. The summed E-state index contributed by atoms with van der Waals surface area (Å²) in [5.41, 5.74) is 0.656. The second kappa shape index (κ2) is 9.86. The molecule has 1 saturated carbocycles. The number of amides is 1. The van der Waals surface area contributed by atoms with Gasteiger partial charge in [0.05, 0.1) is 12.0 Å². The van der Waals surface area contributed by atoms with Gasteiger partial charge in [-0.05, 0) is 48.1 Å². The number of fused-ring (bicyclic) bond motifs is 1. The summed E-state index contributed by atoms with van der Waals surface area (Å²) in [6.45, 7) is 2.51. The average Bonchev–Trinajstić information content (AvgIpc) is 3.24. The Hall–Kier alpha value is -2.01. The topological polar surface area (TPSA) is 46.6 Å². The highest BCUT2D eigenvalue weighted by Gasteiger charge is 2.45. The van der Waals surface area contributed by atoms with Crippen molar-refractivity contribution < 1.29 is 14.3 Å². The van der Waals surface area contributed by atoms with Gasteiger partial charge in [-0.1, -0.05) is 62.9 Å². The van der Waals surface area contributed by atoms with E-state index in [0.717, 1.165) is 36.5 Å². The van der Waals surface area contributed by atoms with Gasteiger partial charge in [0.15, 0.2) is 0 Å². The van der Waals surface area contributed by atoms with E-state index in [0.29, 0.717) is 23.8 Å². The molecule has 2 aliphatic rings. The van der Waals surface area contributed by atoms with Gasteiger partial charge in [-0.25, -0.2) is 4.79 Å². The van der Waals surface area contributed by atoms with Crippen LogP contribution in [0.1, 0.15) is 62.2 Å². The first-order chi connectivity index (χ1) is 14.7. The van der Waals surface area contributed by atoms with Gasteiger partial charge in [0.1, 0.15) is 6.04 Å². The van der Waals surface area contributed by atoms with E-state index in [1.165, 1.54) is 19.3 Å². The van der Waals surface area contributed by atoms with Gasteiger partial charge in [-0.3, -0.25) is 4.79 Å². The molecule has 1 aliphatic heterocycles. The van der Waals surface area contributed by atoms with Crippen LogP contribution in [0.2, 0.25) is 0 Å². The van der Waals surface area contributed by atoms with E-state index in [2.05, 4.69) is 6.92 Å². The van der Waals surface area contributed by atoms with Crippen LogP contribution in [0.5, 0.6) is 0 Å². The quantitative estimate of drug-likeness (QED) is 0.443. The van der Waals surface area contributed by atoms with E-state index in [1.807, 2.05) is 47.4 Å². The van der Waals surface area contributed by atoms with E-state index < -0.39 is 6.04 Å². The number of esters is 1. The van der Waals surface area contributed by atoms with Crippen LogP contribution in [0.3, 0.4) is 0 Å². The van der Waals surface area contributed by atoms with Crippen molar-refractivity contribution in [1.29, 1.82) is 0 Å². The lowest BCUT2D eigenvalue weighted by Gasteiger charge is -2.35. The van der Waals surface area contributed by atoms with Crippen LogP contribution in [0.4, 0.5) is 0 Å². The number of rotatable bonds is 6. The highest BCUT2D eigenvalue weighted by Crippen LogP contribution is 2.41. The van der Waals surface area contributed by atoms with Gasteiger partial charge in [0.2, 0.25) is 0 Å².